The van der Waals surface area contributed by atoms with Crippen LogP contribution in [0.4, 0.5) is 5.82 Å². The van der Waals surface area contributed by atoms with Crippen LogP contribution in [0.2, 0.25) is 0 Å². The van der Waals surface area contributed by atoms with Crippen LogP contribution in [0.1, 0.15) is 11.1 Å². The van der Waals surface area contributed by atoms with Crippen molar-refractivity contribution in [3.63, 3.8) is 0 Å². The molecular weight excluding hydrogens is 198 g/mol. The first kappa shape index (κ1) is 10.7. The van der Waals surface area contributed by atoms with E-state index in [9.17, 15) is 0 Å². The summed E-state index contributed by atoms with van der Waals surface area (Å²) in [6.45, 7) is 3.02. The van der Waals surface area contributed by atoms with Crippen LogP contribution in [0.25, 0.3) is 0 Å². The Hall–Kier alpha value is -1.77. The minimum Gasteiger partial charge on any atom is -0.356 e. The molecule has 1 aromatic heterocycles. The summed E-state index contributed by atoms with van der Waals surface area (Å²) >= 11 is 0. The maximum absolute atomic E-state index is 4.17. The number of aromatic nitrogens is 2. The Morgan fingerprint density at radius 1 is 1.31 bits per heavy atom. The topological polar surface area (TPSA) is 21.1 Å². The average molecular weight is 215 g/mol. The van der Waals surface area contributed by atoms with Gasteiger partial charge in [-0.15, -0.1) is 0 Å². The number of aryl methyl sites for hydroxylation is 2. The third-order valence-corrected chi connectivity index (χ3v) is 2.69. The Morgan fingerprint density at radius 3 is 2.75 bits per heavy atom. The van der Waals surface area contributed by atoms with E-state index in [0.717, 1.165) is 12.4 Å². The molecule has 1 heterocycles. The first-order valence-electron chi connectivity index (χ1n) is 5.41. The molecule has 0 N–H and O–H groups in total. The van der Waals surface area contributed by atoms with Crippen LogP contribution in [0, 0.1) is 6.92 Å². The summed E-state index contributed by atoms with van der Waals surface area (Å²) in [5.74, 6) is 1.13. The number of rotatable bonds is 3. The van der Waals surface area contributed by atoms with Crippen molar-refractivity contribution in [3.8, 4) is 0 Å². The van der Waals surface area contributed by atoms with Crippen molar-refractivity contribution in [2.24, 2.45) is 7.05 Å². The lowest BCUT2D eigenvalue weighted by molar-refractivity contribution is 0.734. The Balaban J connectivity index is 2.14. The van der Waals surface area contributed by atoms with E-state index in [4.69, 9.17) is 0 Å². The molecule has 0 unspecified atom stereocenters. The van der Waals surface area contributed by atoms with E-state index in [0.29, 0.717) is 0 Å². The Kier molecular flexibility index (Phi) is 2.95. The zero-order chi connectivity index (χ0) is 11.5. The molecule has 0 atom stereocenters. The molecule has 0 saturated carbocycles. The fraction of sp³-hybridized carbons (Fsp3) is 0.308. The second-order valence-electron chi connectivity index (χ2n) is 4.16. The molecule has 0 aliphatic carbocycles. The van der Waals surface area contributed by atoms with E-state index in [1.165, 1.54) is 11.1 Å². The molecule has 3 heteroatoms. The second-order valence-corrected chi connectivity index (χ2v) is 4.16. The second kappa shape index (κ2) is 4.39. The van der Waals surface area contributed by atoms with Gasteiger partial charge in [-0.2, -0.15) is 5.10 Å². The van der Waals surface area contributed by atoms with E-state index >= 15 is 0 Å². The van der Waals surface area contributed by atoms with Gasteiger partial charge in [-0.05, 0) is 12.5 Å². The van der Waals surface area contributed by atoms with Crippen LogP contribution in [0.15, 0.2) is 36.5 Å². The number of hydrogen-bond donors (Lipinski definition) is 0. The summed E-state index contributed by atoms with van der Waals surface area (Å²) in [6.07, 6.45) is 1.82. The molecule has 16 heavy (non-hydrogen) atoms. The molecule has 0 aliphatic rings. The SMILES string of the molecule is Cc1cccc(CN(C)c2ccnn2C)c1. The van der Waals surface area contributed by atoms with Crippen LogP contribution in [0.5, 0.6) is 0 Å². The molecule has 0 radical (unpaired) electrons. The lowest BCUT2D eigenvalue weighted by atomic mass is 10.1. The average Bonchev–Trinajstić information content (AvgIpc) is 2.64. The highest BCUT2D eigenvalue weighted by Crippen LogP contribution is 2.14. The van der Waals surface area contributed by atoms with Crippen LogP contribution >= 0.6 is 0 Å². The van der Waals surface area contributed by atoms with E-state index in [-0.39, 0.29) is 0 Å². The minimum absolute atomic E-state index is 0.904. The Morgan fingerprint density at radius 2 is 2.12 bits per heavy atom. The highest BCUT2D eigenvalue weighted by Gasteiger charge is 2.05. The predicted molar refractivity (Wildman–Crippen MR) is 66.5 cm³/mol. The van der Waals surface area contributed by atoms with Gasteiger partial charge in [0.25, 0.3) is 0 Å². The monoisotopic (exact) mass is 215 g/mol. The molecule has 0 saturated heterocycles. The van der Waals surface area contributed by atoms with Crippen LogP contribution < -0.4 is 4.90 Å². The lowest BCUT2D eigenvalue weighted by Crippen LogP contribution is -2.19. The van der Waals surface area contributed by atoms with Crippen molar-refractivity contribution in [2.45, 2.75) is 13.5 Å². The van der Waals surface area contributed by atoms with Gasteiger partial charge in [0.05, 0.1) is 6.20 Å². The van der Waals surface area contributed by atoms with Gasteiger partial charge in [-0.1, -0.05) is 29.8 Å². The molecule has 0 amide bonds. The van der Waals surface area contributed by atoms with Crippen molar-refractivity contribution in [1.29, 1.82) is 0 Å². The fourth-order valence-electron chi connectivity index (χ4n) is 1.91. The van der Waals surface area contributed by atoms with Crippen LogP contribution in [-0.2, 0) is 13.6 Å². The van der Waals surface area contributed by atoms with Crippen molar-refractivity contribution in [2.75, 3.05) is 11.9 Å². The molecular formula is C13H17N3. The van der Waals surface area contributed by atoms with E-state index in [1.807, 2.05) is 24.0 Å². The standard InChI is InChI=1S/C13H17N3/c1-11-5-4-6-12(9-11)10-15(2)13-7-8-14-16(13)3/h4-9H,10H2,1-3H3. The fourth-order valence-corrected chi connectivity index (χ4v) is 1.91. The van der Waals surface area contributed by atoms with Gasteiger partial charge < -0.3 is 4.90 Å². The number of benzene rings is 1. The molecule has 1 aromatic carbocycles. The maximum Gasteiger partial charge on any atom is 0.126 e. The zero-order valence-electron chi connectivity index (χ0n) is 10.0. The maximum atomic E-state index is 4.17. The third kappa shape index (κ3) is 2.24. The number of nitrogens with zero attached hydrogens (tertiary/aromatic N) is 3. The summed E-state index contributed by atoms with van der Waals surface area (Å²) in [6, 6.07) is 10.6. The number of hydrogen-bond acceptors (Lipinski definition) is 2. The van der Waals surface area contributed by atoms with Gasteiger partial charge in [-0.25, -0.2) is 0 Å². The van der Waals surface area contributed by atoms with Gasteiger partial charge in [0, 0.05) is 26.7 Å². The van der Waals surface area contributed by atoms with Crippen LogP contribution in [0.3, 0.4) is 0 Å². The van der Waals surface area contributed by atoms with Crippen molar-refractivity contribution >= 4 is 5.82 Å². The Labute approximate surface area is 96.3 Å². The zero-order valence-corrected chi connectivity index (χ0v) is 10.0. The summed E-state index contributed by atoms with van der Waals surface area (Å²) in [5.41, 5.74) is 2.62. The van der Waals surface area contributed by atoms with Crippen LogP contribution in [-0.4, -0.2) is 16.8 Å². The highest BCUT2D eigenvalue weighted by molar-refractivity contribution is 5.38. The van der Waals surface area contributed by atoms with Gasteiger partial charge in [0.2, 0.25) is 0 Å². The normalized spacial score (nSPS) is 10.4. The van der Waals surface area contributed by atoms with Crippen molar-refractivity contribution in [1.82, 2.24) is 9.78 Å². The summed E-state index contributed by atoms with van der Waals surface area (Å²) in [4.78, 5) is 2.20. The lowest BCUT2D eigenvalue weighted by Gasteiger charge is -2.19. The summed E-state index contributed by atoms with van der Waals surface area (Å²) < 4.78 is 1.88. The van der Waals surface area contributed by atoms with E-state index < -0.39 is 0 Å². The van der Waals surface area contributed by atoms with Gasteiger partial charge in [0.1, 0.15) is 5.82 Å². The highest BCUT2D eigenvalue weighted by atomic mass is 15.3. The van der Waals surface area contributed by atoms with Gasteiger partial charge >= 0.3 is 0 Å². The molecule has 2 rings (SSSR count). The first-order valence-corrected chi connectivity index (χ1v) is 5.41. The quantitative estimate of drug-likeness (QED) is 0.783. The van der Waals surface area contributed by atoms with Crippen molar-refractivity contribution in [3.05, 3.63) is 47.7 Å². The molecule has 0 aliphatic heterocycles. The van der Waals surface area contributed by atoms with Gasteiger partial charge in [0.15, 0.2) is 0 Å². The Bertz CT molecular complexity index is 474. The molecule has 84 valence electrons. The molecule has 0 bridgehead atoms. The largest absolute Gasteiger partial charge is 0.356 e. The predicted octanol–water partition coefficient (Wildman–Crippen LogP) is 2.36. The minimum atomic E-state index is 0.904. The van der Waals surface area contributed by atoms with E-state index in [1.54, 1.807) is 0 Å². The third-order valence-electron chi connectivity index (χ3n) is 2.69. The summed E-state index contributed by atoms with van der Waals surface area (Å²) in [7, 11) is 4.04. The molecule has 3 nitrogen and oxygen atoms in total. The molecule has 0 fully saturated rings. The molecule has 0 spiro atoms. The van der Waals surface area contributed by atoms with Crippen molar-refractivity contribution < 1.29 is 0 Å². The number of anilines is 1. The summed E-state index contributed by atoms with van der Waals surface area (Å²) in [5, 5.41) is 4.17. The van der Waals surface area contributed by atoms with E-state index in [2.05, 4.69) is 48.2 Å². The first-order chi connectivity index (χ1) is 7.66. The molecule has 2 aromatic rings. The smallest absolute Gasteiger partial charge is 0.126 e. The van der Waals surface area contributed by atoms with Gasteiger partial charge in [-0.3, -0.25) is 4.68 Å².